The van der Waals surface area contributed by atoms with Crippen molar-refractivity contribution in [2.24, 2.45) is 0 Å². The lowest BCUT2D eigenvalue weighted by molar-refractivity contribution is 0.0635. The lowest BCUT2D eigenvalue weighted by Gasteiger charge is -2.20. The minimum absolute atomic E-state index is 0.323. The van der Waals surface area contributed by atoms with Gasteiger partial charge in [0.05, 0.1) is 19.9 Å². The van der Waals surface area contributed by atoms with Crippen LogP contribution < -0.4 is 14.8 Å². The first-order valence-electron chi connectivity index (χ1n) is 5.55. The lowest BCUT2D eigenvalue weighted by Crippen LogP contribution is -2.27. The molecule has 0 unspecified atom stereocenters. The molecular formula is C12H17BrN2O4. The Bertz CT molecular complexity index is 472. The second kappa shape index (κ2) is 6.10. The van der Waals surface area contributed by atoms with Gasteiger partial charge in [-0.25, -0.2) is 9.78 Å². The number of aromatic nitrogens is 1. The molecule has 106 valence electrons. The van der Waals surface area contributed by atoms with Crippen LogP contribution in [0.2, 0.25) is 0 Å². The summed E-state index contributed by atoms with van der Waals surface area (Å²) in [6, 6.07) is 1.60. The van der Waals surface area contributed by atoms with E-state index in [0.29, 0.717) is 21.9 Å². The second-order valence-electron chi connectivity index (χ2n) is 4.67. The summed E-state index contributed by atoms with van der Waals surface area (Å²) in [6.45, 7) is 5.36. The predicted octanol–water partition coefficient (Wildman–Crippen LogP) is 3.21. The molecule has 0 aromatic carbocycles. The molecule has 1 amide bonds. The number of amides is 1. The van der Waals surface area contributed by atoms with Gasteiger partial charge >= 0.3 is 6.09 Å². The van der Waals surface area contributed by atoms with Crippen LogP contribution in [0.4, 0.5) is 10.5 Å². The van der Waals surface area contributed by atoms with Gasteiger partial charge in [-0.05, 0) is 36.7 Å². The van der Waals surface area contributed by atoms with E-state index in [1.165, 1.54) is 14.2 Å². The summed E-state index contributed by atoms with van der Waals surface area (Å²) in [6.07, 6.45) is -0.567. The number of halogens is 1. The Morgan fingerprint density at radius 2 is 1.95 bits per heavy atom. The highest BCUT2D eigenvalue weighted by Gasteiger charge is 2.18. The van der Waals surface area contributed by atoms with Gasteiger partial charge < -0.3 is 14.2 Å². The van der Waals surface area contributed by atoms with Gasteiger partial charge in [-0.2, -0.15) is 0 Å². The Kier molecular flexibility index (Phi) is 4.99. The fourth-order valence-corrected chi connectivity index (χ4v) is 1.63. The zero-order valence-corrected chi connectivity index (χ0v) is 13.1. The van der Waals surface area contributed by atoms with Crippen molar-refractivity contribution in [2.45, 2.75) is 26.4 Å². The number of carbonyl (C=O) groups excluding carboxylic acids is 1. The summed E-state index contributed by atoms with van der Waals surface area (Å²) in [5.74, 6) is 0.737. The van der Waals surface area contributed by atoms with Crippen molar-refractivity contribution in [2.75, 3.05) is 19.5 Å². The highest BCUT2D eigenvalue weighted by atomic mass is 79.9. The van der Waals surface area contributed by atoms with Gasteiger partial charge in [0.15, 0.2) is 5.75 Å². The zero-order chi connectivity index (χ0) is 14.6. The summed E-state index contributed by atoms with van der Waals surface area (Å²) in [4.78, 5) is 15.8. The number of ether oxygens (including phenoxy) is 3. The normalized spacial score (nSPS) is 10.8. The van der Waals surface area contributed by atoms with Crippen molar-refractivity contribution in [3.63, 3.8) is 0 Å². The smallest absolute Gasteiger partial charge is 0.412 e. The second-order valence-corrected chi connectivity index (χ2v) is 5.42. The first-order valence-corrected chi connectivity index (χ1v) is 6.34. The average molecular weight is 333 g/mol. The Hall–Kier alpha value is -1.50. The van der Waals surface area contributed by atoms with Crippen molar-refractivity contribution in [3.8, 4) is 11.6 Å². The zero-order valence-electron chi connectivity index (χ0n) is 11.5. The minimum Gasteiger partial charge on any atom is -0.491 e. The lowest BCUT2D eigenvalue weighted by atomic mass is 10.2. The highest BCUT2D eigenvalue weighted by molar-refractivity contribution is 9.10. The molecule has 19 heavy (non-hydrogen) atoms. The van der Waals surface area contributed by atoms with Gasteiger partial charge in [0.2, 0.25) is 0 Å². The first kappa shape index (κ1) is 15.6. The van der Waals surface area contributed by atoms with Crippen molar-refractivity contribution >= 4 is 27.7 Å². The monoisotopic (exact) mass is 332 g/mol. The number of nitrogens with zero attached hydrogens (tertiary/aromatic N) is 1. The molecule has 7 heteroatoms. The van der Waals surface area contributed by atoms with Gasteiger partial charge in [0.25, 0.3) is 5.88 Å². The van der Waals surface area contributed by atoms with E-state index in [2.05, 4.69) is 26.2 Å². The molecular weight excluding hydrogens is 316 g/mol. The summed E-state index contributed by atoms with van der Waals surface area (Å²) in [5, 5.41) is 2.59. The van der Waals surface area contributed by atoms with Gasteiger partial charge in [0.1, 0.15) is 10.2 Å². The van der Waals surface area contributed by atoms with E-state index in [1.807, 2.05) is 0 Å². The number of methoxy groups -OCH3 is 2. The molecule has 0 aliphatic rings. The average Bonchev–Trinajstić information content (AvgIpc) is 2.28. The molecule has 0 saturated heterocycles. The Labute approximate surface area is 120 Å². The summed E-state index contributed by atoms with van der Waals surface area (Å²) in [7, 11) is 2.98. The first-order chi connectivity index (χ1) is 8.76. The molecule has 0 aliphatic heterocycles. The summed E-state index contributed by atoms with van der Waals surface area (Å²) >= 11 is 3.24. The van der Waals surface area contributed by atoms with E-state index >= 15 is 0 Å². The number of nitrogens with one attached hydrogen (secondary N) is 1. The minimum atomic E-state index is -0.569. The van der Waals surface area contributed by atoms with Gasteiger partial charge in [-0.15, -0.1) is 0 Å². The quantitative estimate of drug-likeness (QED) is 0.860. The molecule has 6 nitrogen and oxygen atoms in total. The van der Waals surface area contributed by atoms with E-state index in [4.69, 9.17) is 14.2 Å². The maximum absolute atomic E-state index is 11.7. The number of hydrogen-bond donors (Lipinski definition) is 1. The van der Waals surface area contributed by atoms with E-state index in [-0.39, 0.29) is 0 Å². The summed E-state index contributed by atoms with van der Waals surface area (Å²) in [5.41, 5.74) is -0.132. The maximum Gasteiger partial charge on any atom is 0.412 e. The molecule has 1 aromatic rings. The van der Waals surface area contributed by atoms with E-state index < -0.39 is 11.7 Å². The van der Waals surface area contributed by atoms with E-state index in [9.17, 15) is 4.79 Å². The van der Waals surface area contributed by atoms with E-state index in [0.717, 1.165) is 0 Å². The third kappa shape index (κ3) is 4.59. The number of pyridine rings is 1. The SMILES string of the molecule is COc1cc(NC(=O)OC(C)(C)C)c(Br)nc1OC. The molecule has 0 fully saturated rings. The standard InChI is InChI=1S/C12H17BrN2O4/c1-12(2,3)19-11(16)14-7-6-8(17-4)10(18-5)15-9(7)13/h6H,1-5H3,(H,14,16). The molecule has 0 radical (unpaired) electrons. The third-order valence-electron chi connectivity index (χ3n) is 1.96. The molecule has 1 N–H and O–H groups in total. The number of rotatable bonds is 3. The largest absolute Gasteiger partial charge is 0.491 e. The molecule has 0 bridgehead atoms. The topological polar surface area (TPSA) is 69.7 Å². The number of carbonyl (C=O) groups is 1. The van der Waals surface area contributed by atoms with Crippen LogP contribution in [-0.2, 0) is 4.74 Å². The van der Waals surface area contributed by atoms with Crippen molar-refractivity contribution in [1.29, 1.82) is 0 Å². The molecule has 1 rings (SSSR count). The van der Waals surface area contributed by atoms with E-state index in [1.54, 1.807) is 26.8 Å². The molecule has 1 aromatic heterocycles. The fourth-order valence-electron chi connectivity index (χ4n) is 1.25. The van der Waals surface area contributed by atoms with Crippen LogP contribution in [0.25, 0.3) is 0 Å². The fraction of sp³-hybridized carbons (Fsp3) is 0.500. The van der Waals surface area contributed by atoms with Crippen LogP contribution in [0, 0.1) is 0 Å². The van der Waals surface area contributed by atoms with Crippen molar-refractivity contribution in [3.05, 3.63) is 10.7 Å². The number of anilines is 1. The van der Waals surface area contributed by atoms with Crippen LogP contribution >= 0.6 is 15.9 Å². The van der Waals surface area contributed by atoms with Crippen LogP contribution in [-0.4, -0.2) is 30.9 Å². The maximum atomic E-state index is 11.7. The molecule has 0 aliphatic carbocycles. The van der Waals surface area contributed by atoms with Crippen LogP contribution in [0.15, 0.2) is 10.7 Å². The van der Waals surface area contributed by atoms with Gasteiger partial charge in [-0.3, -0.25) is 5.32 Å². The van der Waals surface area contributed by atoms with Crippen LogP contribution in [0.3, 0.4) is 0 Å². The third-order valence-corrected chi connectivity index (χ3v) is 2.56. The predicted molar refractivity (Wildman–Crippen MR) is 74.9 cm³/mol. The highest BCUT2D eigenvalue weighted by Crippen LogP contribution is 2.32. The number of hydrogen-bond acceptors (Lipinski definition) is 5. The van der Waals surface area contributed by atoms with Crippen molar-refractivity contribution in [1.82, 2.24) is 4.98 Å². The molecule has 0 saturated carbocycles. The van der Waals surface area contributed by atoms with Gasteiger partial charge in [-0.1, -0.05) is 0 Å². The Morgan fingerprint density at radius 1 is 1.32 bits per heavy atom. The molecule has 0 spiro atoms. The van der Waals surface area contributed by atoms with Crippen LogP contribution in [0.5, 0.6) is 11.6 Å². The Balaban J connectivity index is 2.93. The van der Waals surface area contributed by atoms with Gasteiger partial charge in [0, 0.05) is 6.07 Å². The molecule has 1 heterocycles. The summed E-state index contributed by atoms with van der Waals surface area (Å²) < 4.78 is 15.7. The Morgan fingerprint density at radius 3 is 2.42 bits per heavy atom. The van der Waals surface area contributed by atoms with Crippen LogP contribution in [0.1, 0.15) is 20.8 Å². The van der Waals surface area contributed by atoms with Crippen molar-refractivity contribution < 1.29 is 19.0 Å². The molecule has 0 atom stereocenters.